The van der Waals surface area contributed by atoms with Gasteiger partial charge in [-0.1, -0.05) is 29.3 Å². The molecule has 5 rings (SSSR count). The molecule has 0 spiro atoms. The van der Waals surface area contributed by atoms with E-state index in [1.165, 1.54) is 0 Å². The third kappa shape index (κ3) is 4.78. The van der Waals surface area contributed by atoms with Gasteiger partial charge in [0, 0.05) is 35.6 Å². The lowest BCUT2D eigenvalue weighted by Crippen LogP contribution is -2.34. The number of imidazole rings is 1. The number of ether oxygens (including phenoxy) is 3. The first-order valence-electron chi connectivity index (χ1n) is 10.8. The molecule has 2 aromatic heterocycles. The minimum atomic E-state index is -1.14. The van der Waals surface area contributed by atoms with Gasteiger partial charge in [-0.15, -0.1) is 5.10 Å². The Hall–Kier alpha value is -3.31. The smallest absolute Gasteiger partial charge is 0.240 e. The maximum absolute atomic E-state index is 6.53. The molecule has 0 saturated carbocycles. The third-order valence-electron chi connectivity index (χ3n) is 5.63. The predicted molar refractivity (Wildman–Crippen MR) is 132 cm³/mol. The van der Waals surface area contributed by atoms with E-state index in [0.29, 0.717) is 39.4 Å². The highest BCUT2D eigenvalue weighted by Crippen LogP contribution is 2.41. The number of aryl methyl sites for hydroxylation is 1. The zero-order valence-electron chi connectivity index (χ0n) is 18.8. The van der Waals surface area contributed by atoms with Crippen LogP contribution >= 0.6 is 23.2 Å². The van der Waals surface area contributed by atoms with Gasteiger partial charge in [0.2, 0.25) is 11.7 Å². The summed E-state index contributed by atoms with van der Waals surface area (Å²) in [6, 6.07) is 10.6. The molecule has 4 aromatic rings. The van der Waals surface area contributed by atoms with Crippen molar-refractivity contribution >= 4 is 34.8 Å². The number of nitrogen functional groups attached to an aromatic ring is 2. The Kier molecular flexibility index (Phi) is 6.28. The number of benzene rings is 2. The van der Waals surface area contributed by atoms with Crippen molar-refractivity contribution in [3.8, 4) is 17.1 Å². The van der Waals surface area contributed by atoms with Crippen molar-refractivity contribution in [2.24, 2.45) is 7.05 Å². The van der Waals surface area contributed by atoms with Gasteiger partial charge >= 0.3 is 0 Å². The Labute approximate surface area is 211 Å². The molecule has 2 unspecified atom stereocenters. The fraction of sp³-hybridized carbons (Fsp3) is 0.261. The van der Waals surface area contributed by atoms with Gasteiger partial charge in [0.1, 0.15) is 18.5 Å². The highest BCUT2D eigenvalue weighted by molar-refractivity contribution is 6.35. The van der Waals surface area contributed by atoms with Crippen LogP contribution in [0.5, 0.6) is 5.75 Å². The van der Waals surface area contributed by atoms with Crippen LogP contribution in [0.15, 0.2) is 55.1 Å². The molecule has 0 bridgehead atoms. The SMILES string of the molecule is Cn1nc(N)nc1-c1ccc(N)c(OCC2COC(Cn3ccnc3)(c3ccc(Cl)cc3Cl)O2)c1. The van der Waals surface area contributed by atoms with Crippen LogP contribution in [0.4, 0.5) is 11.6 Å². The maximum atomic E-state index is 6.53. The lowest BCUT2D eigenvalue weighted by Gasteiger charge is -2.30. The Bertz CT molecular complexity index is 1350. The summed E-state index contributed by atoms with van der Waals surface area (Å²) in [4.78, 5) is 8.36. The van der Waals surface area contributed by atoms with Gasteiger partial charge in [0.15, 0.2) is 5.82 Å². The van der Waals surface area contributed by atoms with Crippen molar-refractivity contribution in [1.29, 1.82) is 0 Å². The fourth-order valence-corrected chi connectivity index (χ4v) is 4.56. The molecule has 182 valence electrons. The first-order valence-corrected chi connectivity index (χ1v) is 11.5. The van der Waals surface area contributed by atoms with Crippen LogP contribution in [0.1, 0.15) is 5.56 Å². The normalized spacial score (nSPS) is 19.8. The van der Waals surface area contributed by atoms with Gasteiger partial charge < -0.3 is 30.2 Å². The molecule has 12 heteroatoms. The molecule has 0 aliphatic carbocycles. The molecule has 1 saturated heterocycles. The molecule has 0 amide bonds. The summed E-state index contributed by atoms with van der Waals surface area (Å²) in [5, 5.41) is 5.05. The average Bonchev–Trinajstić information content (AvgIpc) is 3.55. The minimum Gasteiger partial charge on any atom is -0.489 e. The van der Waals surface area contributed by atoms with E-state index >= 15 is 0 Å². The molecule has 10 nitrogen and oxygen atoms in total. The molecule has 1 fully saturated rings. The van der Waals surface area contributed by atoms with Gasteiger partial charge in [0.25, 0.3) is 0 Å². The molecule has 0 radical (unpaired) electrons. The zero-order valence-corrected chi connectivity index (χ0v) is 20.3. The Morgan fingerprint density at radius 3 is 2.77 bits per heavy atom. The standard InChI is InChI=1S/C23H23Cl2N7O3/c1-31-21(29-22(27)30-31)14-2-5-19(26)20(8-14)33-10-16-11-34-23(35-16,12-32-7-6-28-13-32)17-4-3-15(24)9-18(17)25/h2-9,13,16H,10-12,26H2,1H3,(H2,27,30). The summed E-state index contributed by atoms with van der Waals surface area (Å²) in [6.07, 6.45) is 4.81. The number of nitrogens with two attached hydrogens (primary N) is 2. The summed E-state index contributed by atoms with van der Waals surface area (Å²) in [5.41, 5.74) is 13.8. The molecule has 1 aliphatic rings. The molecule has 2 atom stereocenters. The topological polar surface area (TPSA) is 128 Å². The van der Waals surface area contributed by atoms with Crippen molar-refractivity contribution in [1.82, 2.24) is 24.3 Å². The highest BCUT2D eigenvalue weighted by atomic mass is 35.5. The van der Waals surface area contributed by atoms with Gasteiger partial charge in [-0.25, -0.2) is 9.67 Å². The molecule has 4 N–H and O–H groups in total. The van der Waals surface area contributed by atoms with Gasteiger partial charge in [-0.3, -0.25) is 0 Å². The van der Waals surface area contributed by atoms with Crippen molar-refractivity contribution in [2.45, 2.75) is 18.4 Å². The van der Waals surface area contributed by atoms with E-state index in [4.69, 9.17) is 48.9 Å². The third-order valence-corrected chi connectivity index (χ3v) is 6.17. The lowest BCUT2D eigenvalue weighted by atomic mass is 10.1. The number of hydrogen-bond acceptors (Lipinski definition) is 8. The average molecular weight is 516 g/mol. The molecule has 2 aromatic carbocycles. The number of aromatic nitrogens is 5. The van der Waals surface area contributed by atoms with Crippen molar-refractivity contribution in [2.75, 3.05) is 24.7 Å². The van der Waals surface area contributed by atoms with Crippen molar-refractivity contribution in [3.05, 3.63) is 70.7 Å². The first kappa shape index (κ1) is 23.4. The van der Waals surface area contributed by atoms with Crippen LogP contribution < -0.4 is 16.2 Å². The van der Waals surface area contributed by atoms with Crippen LogP contribution in [0.2, 0.25) is 10.0 Å². The van der Waals surface area contributed by atoms with E-state index < -0.39 is 11.9 Å². The van der Waals surface area contributed by atoms with Crippen LogP contribution in [0.25, 0.3) is 11.4 Å². The van der Waals surface area contributed by atoms with E-state index in [0.717, 1.165) is 5.56 Å². The summed E-state index contributed by atoms with van der Waals surface area (Å²) >= 11 is 12.6. The van der Waals surface area contributed by atoms with Gasteiger partial charge in [0.05, 0.1) is 30.2 Å². The van der Waals surface area contributed by atoms with E-state index in [1.807, 2.05) is 16.8 Å². The van der Waals surface area contributed by atoms with Crippen LogP contribution in [0, 0.1) is 0 Å². The van der Waals surface area contributed by atoms with Crippen LogP contribution in [-0.2, 0) is 28.9 Å². The number of hydrogen-bond donors (Lipinski definition) is 2. The summed E-state index contributed by atoms with van der Waals surface area (Å²) < 4.78 is 22.2. The lowest BCUT2D eigenvalue weighted by molar-refractivity contribution is -0.189. The molecule has 3 heterocycles. The molecule has 35 heavy (non-hydrogen) atoms. The van der Waals surface area contributed by atoms with E-state index in [1.54, 1.807) is 54.6 Å². The monoisotopic (exact) mass is 515 g/mol. The molecule has 1 aliphatic heterocycles. The van der Waals surface area contributed by atoms with Gasteiger partial charge in [-0.05, 0) is 30.3 Å². The number of halogens is 2. The predicted octanol–water partition coefficient (Wildman–Crippen LogP) is 3.50. The minimum absolute atomic E-state index is 0.188. The van der Waals surface area contributed by atoms with Gasteiger partial charge in [-0.2, -0.15) is 4.98 Å². The second-order valence-electron chi connectivity index (χ2n) is 8.14. The summed E-state index contributed by atoms with van der Waals surface area (Å²) in [6.45, 7) is 0.828. The first-order chi connectivity index (χ1) is 16.8. The largest absolute Gasteiger partial charge is 0.489 e. The van der Waals surface area contributed by atoms with Crippen LogP contribution in [0.3, 0.4) is 0 Å². The Morgan fingerprint density at radius 2 is 2.06 bits per heavy atom. The van der Waals surface area contributed by atoms with Crippen LogP contribution in [-0.4, -0.2) is 43.6 Å². The second kappa shape index (κ2) is 9.38. The van der Waals surface area contributed by atoms with E-state index in [9.17, 15) is 0 Å². The highest BCUT2D eigenvalue weighted by Gasteiger charge is 2.45. The fourth-order valence-electron chi connectivity index (χ4n) is 4.01. The number of nitrogens with zero attached hydrogens (tertiary/aromatic N) is 5. The number of anilines is 2. The summed E-state index contributed by atoms with van der Waals surface area (Å²) in [7, 11) is 1.76. The number of rotatable bonds is 7. The Morgan fingerprint density at radius 1 is 1.20 bits per heavy atom. The Balaban J connectivity index is 1.36. The van der Waals surface area contributed by atoms with Crippen molar-refractivity contribution in [3.63, 3.8) is 0 Å². The zero-order chi connectivity index (χ0) is 24.6. The second-order valence-corrected chi connectivity index (χ2v) is 8.99. The summed E-state index contributed by atoms with van der Waals surface area (Å²) in [5.74, 6) is 0.141. The molecular formula is C23H23Cl2N7O3. The van der Waals surface area contributed by atoms with E-state index in [-0.39, 0.29) is 19.2 Å². The van der Waals surface area contributed by atoms with E-state index in [2.05, 4.69) is 15.1 Å². The maximum Gasteiger partial charge on any atom is 0.240 e. The quantitative estimate of drug-likeness (QED) is 0.358. The van der Waals surface area contributed by atoms with Crippen molar-refractivity contribution < 1.29 is 14.2 Å². The molecular weight excluding hydrogens is 493 g/mol.